The molecule has 0 amide bonds. The molecule has 88 valence electrons. The van der Waals surface area contributed by atoms with Gasteiger partial charge in [-0.15, -0.1) is 0 Å². The number of carboxylic acids is 1. The van der Waals surface area contributed by atoms with Crippen LogP contribution in [-0.4, -0.2) is 21.2 Å². The first-order valence-electron chi connectivity index (χ1n) is 4.89. The molecule has 0 aliphatic carbocycles. The highest BCUT2D eigenvalue weighted by Gasteiger charge is 2.14. The number of hydrogen-bond acceptors (Lipinski definition) is 5. The Hall–Kier alpha value is -2.37. The normalized spacial score (nSPS) is 10.2. The van der Waals surface area contributed by atoms with Gasteiger partial charge < -0.3 is 14.4 Å². The number of aryl methyl sites for hydroxylation is 1. The second-order valence-electron chi connectivity index (χ2n) is 3.38. The van der Waals surface area contributed by atoms with Gasteiger partial charge in [-0.25, -0.2) is 4.79 Å². The maximum absolute atomic E-state index is 11.0. The Morgan fingerprint density at radius 1 is 1.53 bits per heavy atom. The second kappa shape index (κ2) is 4.65. The summed E-state index contributed by atoms with van der Waals surface area (Å²) >= 11 is 0. The summed E-state index contributed by atoms with van der Waals surface area (Å²) in [5.41, 5.74) is 0.855. The van der Waals surface area contributed by atoms with Crippen LogP contribution in [0.15, 0.2) is 29.0 Å². The maximum atomic E-state index is 11.0. The number of rotatable bonds is 4. The van der Waals surface area contributed by atoms with Crippen LogP contribution in [0.3, 0.4) is 0 Å². The van der Waals surface area contributed by atoms with Crippen molar-refractivity contribution in [2.45, 2.75) is 13.5 Å². The van der Waals surface area contributed by atoms with Gasteiger partial charge in [0.1, 0.15) is 11.3 Å². The molecule has 0 fully saturated rings. The molecule has 0 unspecified atom stereocenters. The molecule has 2 rings (SSSR count). The molecule has 1 aromatic carbocycles. The van der Waals surface area contributed by atoms with Crippen LogP contribution in [0.4, 0.5) is 0 Å². The highest BCUT2D eigenvalue weighted by Crippen LogP contribution is 2.24. The number of benzene rings is 1. The van der Waals surface area contributed by atoms with Gasteiger partial charge in [0.05, 0.1) is 0 Å². The topological polar surface area (TPSA) is 85.5 Å². The lowest BCUT2D eigenvalue weighted by molar-refractivity contribution is 0.0690. The molecule has 1 aromatic heterocycles. The van der Waals surface area contributed by atoms with Gasteiger partial charge in [0.25, 0.3) is 5.89 Å². The third-order valence-corrected chi connectivity index (χ3v) is 2.19. The minimum atomic E-state index is -1.03. The van der Waals surface area contributed by atoms with E-state index in [0.717, 1.165) is 5.56 Å². The third kappa shape index (κ3) is 2.41. The second-order valence-corrected chi connectivity index (χ2v) is 3.38. The molecule has 0 bridgehead atoms. The number of ether oxygens (including phenoxy) is 1. The fourth-order valence-corrected chi connectivity index (χ4v) is 1.41. The van der Waals surface area contributed by atoms with Crippen molar-refractivity contribution in [1.82, 2.24) is 10.1 Å². The first kappa shape index (κ1) is 11.1. The molecule has 0 radical (unpaired) electrons. The predicted octanol–water partition coefficient (Wildman–Crippen LogP) is 1.66. The molecule has 0 aliphatic rings. The largest absolute Gasteiger partial charge is 0.483 e. The minimum Gasteiger partial charge on any atom is -0.483 e. The van der Waals surface area contributed by atoms with Crippen molar-refractivity contribution in [3.8, 4) is 5.75 Å². The summed E-state index contributed by atoms with van der Waals surface area (Å²) in [6, 6.07) is 4.92. The van der Waals surface area contributed by atoms with Crippen LogP contribution in [0.2, 0.25) is 0 Å². The molecule has 17 heavy (non-hydrogen) atoms. The summed E-state index contributed by atoms with van der Waals surface area (Å²) < 4.78 is 10.2. The molecule has 0 aliphatic heterocycles. The van der Waals surface area contributed by atoms with E-state index in [1.54, 1.807) is 19.1 Å². The SMILES string of the molecule is Cc1cccc(C(=O)O)c1OCc1ncno1. The highest BCUT2D eigenvalue weighted by molar-refractivity contribution is 5.91. The molecule has 1 heterocycles. The van der Waals surface area contributed by atoms with Crippen LogP contribution in [-0.2, 0) is 6.61 Å². The van der Waals surface area contributed by atoms with E-state index >= 15 is 0 Å². The molecule has 2 aromatic rings. The van der Waals surface area contributed by atoms with Crippen LogP contribution in [0, 0.1) is 6.92 Å². The Labute approximate surface area is 96.8 Å². The van der Waals surface area contributed by atoms with Crippen molar-refractivity contribution in [2.24, 2.45) is 0 Å². The van der Waals surface area contributed by atoms with Crippen molar-refractivity contribution in [1.29, 1.82) is 0 Å². The van der Waals surface area contributed by atoms with E-state index in [1.807, 2.05) is 0 Å². The number of carboxylic acid groups (broad SMARTS) is 1. The molecule has 6 nitrogen and oxygen atoms in total. The lowest BCUT2D eigenvalue weighted by atomic mass is 10.1. The van der Waals surface area contributed by atoms with Gasteiger partial charge >= 0.3 is 5.97 Å². The van der Waals surface area contributed by atoms with Gasteiger partial charge in [-0.2, -0.15) is 4.98 Å². The van der Waals surface area contributed by atoms with E-state index in [9.17, 15) is 4.79 Å². The van der Waals surface area contributed by atoms with Crippen LogP contribution < -0.4 is 4.74 Å². The summed E-state index contributed by atoms with van der Waals surface area (Å²) in [5.74, 6) is -0.419. The zero-order chi connectivity index (χ0) is 12.3. The van der Waals surface area contributed by atoms with Gasteiger partial charge in [-0.1, -0.05) is 17.3 Å². The Morgan fingerprint density at radius 3 is 3.00 bits per heavy atom. The van der Waals surface area contributed by atoms with Gasteiger partial charge in [0.2, 0.25) is 0 Å². The van der Waals surface area contributed by atoms with Crippen molar-refractivity contribution in [2.75, 3.05) is 0 Å². The molecule has 0 spiro atoms. The Morgan fingerprint density at radius 2 is 2.35 bits per heavy atom. The van der Waals surface area contributed by atoms with Crippen molar-refractivity contribution in [3.05, 3.63) is 41.5 Å². The number of nitrogens with zero attached hydrogens (tertiary/aromatic N) is 2. The zero-order valence-electron chi connectivity index (χ0n) is 9.08. The van der Waals surface area contributed by atoms with E-state index in [0.29, 0.717) is 11.6 Å². The van der Waals surface area contributed by atoms with Gasteiger partial charge in [-0.3, -0.25) is 0 Å². The highest BCUT2D eigenvalue weighted by atomic mass is 16.5. The maximum Gasteiger partial charge on any atom is 0.339 e. The third-order valence-electron chi connectivity index (χ3n) is 2.19. The van der Waals surface area contributed by atoms with E-state index in [-0.39, 0.29) is 12.2 Å². The van der Waals surface area contributed by atoms with Gasteiger partial charge in [-0.05, 0) is 18.6 Å². The monoisotopic (exact) mass is 234 g/mol. The summed E-state index contributed by atoms with van der Waals surface area (Å²) in [5, 5.41) is 12.4. The minimum absolute atomic E-state index is 0.0468. The van der Waals surface area contributed by atoms with Gasteiger partial charge in [0.15, 0.2) is 12.9 Å². The first-order chi connectivity index (χ1) is 8.18. The van der Waals surface area contributed by atoms with E-state index in [4.69, 9.17) is 14.4 Å². The molecule has 0 saturated heterocycles. The van der Waals surface area contributed by atoms with E-state index in [1.165, 1.54) is 12.4 Å². The summed E-state index contributed by atoms with van der Waals surface area (Å²) in [6.45, 7) is 1.82. The number of aromatic nitrogens is 2. The average Bonchev–Trinajstić information content (AvgIpc) is 2.80. The average molecular weight is 234 g/mol. The van der Waals surface area contributed by atoms with Crippen molar-refractivity contribution in [3.63, 3.8) is 0 Å². The fourth-order valence-electron chi connectivity index (χ4n) is 1.41. The van der Waals surface area contributed by atoms with Crippen LogP contribution in [0.1, 0.15) is 21.8 Å². The zero-order valence-corrected chi connectivity index (χ0v) is 9.08. The molecule has 0 atom stereocenters. The van der Waals surface area contributed by atoms with Crippen LogP contribution in [0.25, 0.3) is 0 Å². The molecule has 1 N–H and O–H groups in total. The molecular weight excluding hydrogens is 224 g/mol. The number of para-hydroxylation sites is 1. The Balaban J connectivity index is 2.22. The molecular formula is C11H10N2O4. The lowest BCUT2D eigenvalue weighted by Gasteiger charge is -2.09. The van der Waals surface area contributed by atoms with Crippen molar-refractivity contribution >= 4 is 5.97 Å². The Kier molecular flexibility index (Phi) is 3.04. The van der Waals surface area contributed by atoms with E-state index < -0.39 is 5.97 Å². The summed E-state index contributed by atoms with van der Waals surface area (Å²) in [4.78, 5) is 14.8. The fraction of sp³-hybridized carbons (Fsp3) is 0.182. The lowest BCUT2D eigenvalue weighted by Crippen LogP contribution is -2.05. The van der Waals surface area contributed by atoms with Gasteiger partial charge in [0, 0.05) is 0 Å². The summed E-state index contributed by atoms with van der Waals surface area (Å²) in [6.07, 6.45) is 1.26. The number of carbonyl (C=O) groups is 1. The molecule has 0 saturated carbocycles. The standard InChI is InChI=1S/C11H10N2O4/c1-7-3-2-4-8(11(14)15)10(7)16-5-9-12-6-13-17-9/h2-4,6H,5H2,1H3,(H,14,15). The first-order valence-corrected chi connectivity index (χ1v) is 4.89. The van der Waals surface area contributed by atoms with Crippen molar-refractivity contribution < 1.29 is 19.2 Å². The smallest absolute Gasteiger partial charge is 0.339 e. The predicted molar refractivity (Wildman–Crippen MR) is 56.8 cm³/mol. The molecule has 6 heteroatoms. The van der Waals surface area contributed by atoms with Crippen LogP contribution >= 0.6 is 0 Å². The Bertz CT molecular complexity index is 522. The number of hydrogen-bond donors (Lipinski definition) is 1. The quantitative estimate of drug-likeness (QED) is 0.865. The van der Waals surface area contributed by atoms with E-state index in [2.05, 4.69) is 10.1 Å². The number of aromatic carboxylic acids is 1. The van der Waals surface area contributed by atoms with Crippen LogP contribution in [0.5, 0.6) is 5.75 Å². The summed E-state index contributed by atoms with van der Waals surface area (Å²) in [7, 11) is 0.